The number of benzene rings is 2. The second-order valence-electron chi connectivity index (χ2n) is 6.16. The first-order chi connectivity index (χ1) is 12.6. The van der Waals surface area contributed by atoms with E-state index in [0.717, 1.165) is 5.56 Å². The van der Waals surface area contributed by atoms with Crippen LogP contribution in [0.15, 0.2) is 73.3 Å². The maximum Gasteiger partial charge on any atom is 0.332 e. The third-order valence-electron chi connectivity index (χ3n) is 4.49. The van der Waals surface area contributed by atoms with Crippen LogP contribution in [0.4, 0.5) is 0 Å². The zero-order valence-electron chi connectivity index (χ0n) is 15.3. The Hall–Kier alpha value is -2.88. The fourth-order valence-electron chi connectivity index (χ4n) is 3.30. The van der Waals surface area contributed by atoms with Crippen molar-refractivity contribution in [3.05, 3.63) is 84.4 Å². The van der Waals surface area contributed by atoms with Crippen LogP contribution in [0.3, 0.4) is 0 Å². The molecule has 0 aliphatic rings. The number of methoxy groups -OCH3 is 1. The van der Waals surface area contributed by atoms with E-state index in [2.05, 4.69) is 11.9 Å². The minimum atomic E-state index is -1.22. The molecule has 0 saturated carbocycles. The monoisotopic (exact) mass is 351 g/mol. The van der Waals surface area contributed by atoms with Crippen molar-refractivity contribution in [3.8, 4) is 0 Å². The first kappa shape index (κ1) is 19.4. The minimum absolute atomic E-state index is 0.313. The molecule has 0 unspecified atom stereocenters. The lowest BCUT2D eigenvalue weighted by molar-refractivity contribution is -0.149. The van der Waals surface area contributed by atoms with Crippen LogP contribution in [0, 0.1) is 0 Å². The smallest absolute Gasteiger partial charge is 0.332 e. The summed E-state index contributed by atoms with van der Waals surface area (Å²) < 4.78 is 5.11. The Morgan fingerprint density at radius 3 is 2.19 bits per heavy atom. The number of hydrogen-bond donors (Lipinski definition) is 1. The minimum Gasteiger partial charge on any atom is -0.467 e. The number of esters is 1. The maximum atomic E-state index is 12.9. The van der Waals surface area contributed by atoms with Gasteiger partial charge in [-0.05, 0) is 24.1 Å². The molecule has 0 aliphatic heterocycles. The third-order valence-corrected chi connectivity index (χ3v) is 4.49. The number of nitrogens with one attached hydrogen (secondary N) is 1. The van der Waals surface area contributed by atoms with Crippen LogP contribution in [-0.2, 0) is 9.53 Å². The molecule has 4 nitrogen and oxygen atoms in total. The Bertz CT molecular complexity index is 742. The number of hydrogen-bond acceptors (Lipinski definition) is 3. The molecule has 2 aromatic carbocycles. The number of carbonyl (C=O) groups excluding carboxylic acids is 2. The molecular formula is C22H25NO3. The quantitative estimate of drug-likeness (QED) is 0.575. The van der Waals surface area contributed by atoms with Crippen molar-refractivity contribution < 1.29 is 14.3 Å². The van der Waals surface area contributed by atoms with Crippen molar-refractivity contribution in [1.29, 1.82) is 0 Å². The fraction of sp³-hybridized carbons (Fsp3) is 0.273. The Labute approximate surface area is 154 Å². The summed E-state index contributed by atoms with van der Waals surface area (Å²) in [6.07, 6.45) is 2.83. The summed E-state index contributed by atoms with van der Waals surface area (Å²) in [5.74, 6) is -1.20. The number of ether oxygens (including phenoxy) is 1. The lowest BCUT2D eigenvalue weighted by atomic mass is 9.75. The largest absolute Gasteiger partial charge is 0.467 e. The molecule has 0 bridgehead atoms. The lowest BCUT2D eigenvalue weighted by Crippen LogP contribution is -2.58. The Kier molecular flexibility index (Phi) is 6.73. The number of carbonyl (C=O) groups is 2. The predicted molar refractivity (Wildman–Crippen MR) is 103 cm³/mol. The van der Waals surface area contributed by atoms with Crippen LogP contribution in [0.25, 0.3) is 0 Å². The van der Waals surface area contributed by atoms with Crippen molar-refractivity contribution in [3.63, 3.8) is 0 Å². The molecule has 26 heavy (non-hydrogen) atoms. The van der Waals surface area contributed by atoms with E-state index in [0.29, 0.717) is 18.4 Å². The van der Waals surface area contributed by atoms with Crippen LogP contribution in [0.1, 0.15) is 41.6 Å². The molecular weight excluding hydrogens is 326 g/mol. The highest BCUT2D eigenvalue weighted by molar-refractivity contribution is 5.98. The molecule has 0 saturated heterocycles. The van der Waals surface area contributed by atoms with Gasteiger partial charge >= 0.3 is 5.97 Å². The van der Waals surface area contributed by atoms with Gasteiger partial charge in [-0.3, -0.25) is 4.79 Å². The Morgan fingerprint density at radius 2 is 1.69 bits per heavy atom. The Balaban J connectivity index is 2.51. The topological polar surface area (TPSA) is 55.4 Å². The fourth-order valence-corrected chi connectivity index (χ4v) is 3.30. The van der Waals surface area contributed by atoms with Crippen molar-refractivity contribution >= 4 is 11.9 Å². The lowest BCUT2D eigenvalue weighted by Gasteiger charge is -2.38. The second-order valence-corrected chi connectivity index (χ2v) is 6.16. The average Bonchev–Trinajstić information content (AvgIpc) is 2.69. The zero-order chi connectivity index (χ0) is 19.0. The van der Waals surface area contributed by atoms with E-state index in [1.165, 1.54) is 7.11 Å². The normalized spacial score (nSPS) is 13.9. The number of amides is 1. The highest BCUT2D eigenvalue weighted by Gasteiger charge is 2.47. The maximum absolute atomic E-state index is 12.9. The SMILES string of the molecule is C=C[C@@H](c1ccccc1)[C@@](CCC)(NC(=O)c1ccccc1)C(=O)OC. The molecule has 0 spiro atoms. The van der Waals surface area contributed by atoms with E-state index < -0.39 is 17.4 Å². The van der Waals surface area contributed by atoms with Crippen LogP contribution >= 0.6 is 0 Å². The third kappa shape index (κ3) is 4.02. The first-order valence-corrected chi connectivity index (χ1v) is 8.72. The van der Waals surface area contributed by atoms with Crippen molar-refractivity contribution in [2.24, 2.45) is 0 Å². The van der Waals surface area contributed by atoms with Gasteiger partial charge in [0.1, 0.15) is 5.54 Å². The van der Waals surface area contributed by atoms with Crippen molar-refractivity contribution in [1.82, 2.24) is 5.32 Å². The van der Waals surface area contributed by atoms with Gasteiger partial charge in [0.15, 0.2) is 0 Å². The summed E-state index contributed by atoms with van der Waals surface area (Å²) in [7, 11) is 1.34. The number of rotatable bonds is 8. The van der Waals surface area contributed by atoms with E-state index in [1.54, 1.807) is 30.3 Å². The van der Waals surface area contributed by atoms with Gasteiger partial charge in [-0.25, -0.2) is 4.79 Å². The molecule has 1 N–H and O–H groups in total. The molecule has 2 rings (SSSR count). The molecule has 2 aromatic rings. The average molecular weight is 351 g/mol. The molecule has 0 fully saturated rings. The highest BCUT2D eigenvalue weighted by atomic mass is 16.5. The summed E-state index contributed by atoms with van der Waals surface area (Å²) in [5.41, 5.74) is 0.168. The van der Waals surface area contributed by atoms with Crippen molar-refractivity contribution in [2.75, 3.05) is 7.11 Å². The van der Waals surface area contributed by atoms with E-state index >= 15 is 0 Å². The van der Waals surface area contributed by atoms with E-state index in [1.807, 2.05) is 43.3 Å². The van der Waals surface area contributed by atoms with Gasteiger partial charge in [-0.2, -0.15) is 0 Å². The van der Waals surface area contributed by atoms with Gasteiger partial charge in [0.2, 0.25) is 0 Å². The molecule has 0 aromatic heterocycles. The van der Waals surface area contributed by atoms with E-state index in [-0.39, 0.29) is 5.91 Å². The summed E-state index contributed by atoms with van der Waals surface area (Å²) >= 11 is 0. The predicted octanol–water partition coefficient (Wildman–Crippen LogP) is 4.10. The first-order valence-electron chi connectivity index (χ1n) is 8.72. The molecule has 0 heterocycles. The molecule has 0 aliphatic carbocycles. The van der Waals surface area contributed by atoms with Gasteiger partial charge in [0, 0.05) is 11.5 Å². The summed E-state index contributed by atoms with van der Waals surface area (Å²) in [4.78, 5) is 25.7. The zero-order valence-corrected chi connectivity index (χ0v) is 15.3. The van der Waals surface area contributed by atoms with Crippen LogP contribution in [0.5, 0.6) is 0 Å². The summed E-state index contributed by atoms with van der Waals surface area (Å²) in [6.45, 7) is 5.89. The van der Waals surface area contributed by atoms with Gasteiger partial charge in [-0.1, -0.05) is 68.0 Å². The van der Waals surface area contributed by atoms with E-state index in [4.69, 9.17) is 4.74 Å². The van der Waals surface area contributed by atoms with Crippen LogP contribution in [-0.4, -0.2) is 24.5 Å². The van der Waals surface area contributed by atoms with Crippen LogP contribution < -0.4 is 5.32 Å². The Morgan fingerprint density at radius 1 is 1.12 bits per heavy atom. The molecule has 4 heteroatoms. The van der Waals surface area contributed by atoms with Crippen LogP contribution in [0.2, 0.25) is 0 Å². The molecule has 136 valence electrons. The molecule has 0 radical (unpaired) electrons. The second kappa shape index (κ2) is 8.99. The highest BCUT2D eigenvalue weighted by Crippen LogP contribution is 2.35. The van der Waals surface area contributed by atoms with Gasteiger partial charge in [0.25, 0.3) is 5.91 Å². The van der Waals surface area contributed by atoms with Gasteiger partial charge in [-0.15, -0.1) is 6.58 Å². The summed E-state index contributed by atoms with van der Waals surface area (Å²) in [5, 5.41) is 2.96. The van der Waals surface area contributed by atoms with E-state index in [9.17, 15) is 9.59 Å². The summed E-state index contributed by atoms with van der Waals surface area (Å²) in [6, 6.07) is 18.4. The van der Waals surface area contributed by atoms with Crippen molar-refractivity contribution in [2.45, 2.75) is 31.2 Å². The molecule has 1 amide bonds. The standard InChI is InChI=1S/C22H25NO3/c1-4-16-22(21(25)26-3,19(5-2)17-12-8-6-9-13-17)23-20(24)18-14-10-7-11-15-18/h5-15,19H,2,4,16H2,1,3H3,(H,23,24)/t19-,22+/m0/s1. The van der Waals surface area contributed by atoms with Gasteiger partial charge in [0.05, 0.1) is 7.11 Å². The van der Waals surface area contributed by atoms with Gasteiger partial charge < -0.3 is 10.1 Å². The molecule has 2 atom stereocenters.